The van der Waals surface area contributed by atoms with Gasteiger partial charge in [-0.2, -0.15) is 0 Å². The van der Waals surface area contributed by atoms with Crippen molar-refractivity contribution in [2.24, 2.45) is 10.9 Å². The number of hydrogen-bond acceptors (Lipinski definition) is 4. The molecule has 4 N–H and O–H groups in total. The average molecular weight is 201 g/mol. The van der Waals surface area contributed by atoms with Gasteiger partial charge in [-0.15, -0.1) is 0 Å². The monoisotopic (exact) mass is 201 g/mol. The summed E-state index contributed by atoms with van der Waals surface area (Å²) in [5.74, 6) is 0.267. The molecule has 0 aromatic carbocycles. The van der Waals surface area contributed by atoms with E-state index >= 15 is 0 Å². The molecule has 0 spiro atoms. The quantitative estimate of drug-likeness (QED) is 0.259. The maximum atomic E-state index is 9.34. The van der Waals surface area contributed by atoms with Gasteiger partial charge in [-0.25, -0.2) is 0 Å². The van der Waals surface area contributed by atoms with E-state index in [1.165, 1.54) is 0 Å². The van der Waals surface area contributed by atoms with Crippen LogP contribution in [0.25, 0.3) is 0 Å². The number of rotatable bonds is 3. The molecule has 0 saturated carbocycles. The Kier molecular flexibility index (Phi) is 4.16. The number of likely N-dealkylation sites (tertiary alicyclic amines) is 1. The van der Waals surface area contributed by atoms with Crippen molar-refractivity contribution in [3.63, 3.8) is 0 Å². The molecular formula is C9H19N3O2. The lowest BCUT2D eigenvalue weighted by atomic mass is 10.0. The van der Waals surface area contributed by atoms with Crippen molar-refractivity contribution < 1.29 is 10.3 Å². The SMILES string of the molecule is CCC(C(N)=NO)N1CCC(O)CC1. The van der Waals surface area contributed by atoms with Gasteiger partial charge in [0, 0.05) is 13.1 Å². The Morgan fingerprint density at radius 2 is 2.14 bits per heavy atom. The van der Waals surface area contributed by atoms with Gasteiger partial charge in [0.1, 0.15) is 0 Å². The van der Waals surface area contributed by atoms with Crippen LogP contribution in [0.15, 0.2) is 5.16 Å². The highest BCUT2D eigenvalue weighted by Crippen LogP contribution is 2.14. The summed E-state index contributed by atoms with van der Waals surface area (Å²) in [4.78, 5) is 2.15. The fourth-order valence-corrected chi connectivity index (χ4v) is 1.92. The third-order valence-electron chi connectivity index (χ3n) is 2.78. The summed E-state index contributed by atoms with van der Waals surface area (Å²) in [6.45, 7) is 3.64. The highest BCUT2D eigenvalue weighted by atomic mass is 16.4. The molecular weight excluding hydrogens is 182 g/mol. The molecule has 1 heterocycles. The van der Waals surface area contributed by atoms with E-state index in [1.807, 2.05) is 6.92 Å². The molecule has 1 fully saturated rings. The number of piperidine rings is 1. The van der Waals surface area contributed by atoms with Crippen LogP contribution in [-0.4, -0.2) is 46.3 Å². The minimum absolute atomic E-state index is 0.00694. The second kappa shape index (κ2) is 5.17. The maximum absolute atomic E-state index is 9.34. The topological polar surface area (TPSA) is 82.1 Å². The van der Waals surface area contributed by atoms with E-state index in [0.717, 1.165) is 32.4 Å². The predicted molar refractivity (Wildman–Crippen MR) is 54.3 cm³/mol. The molecule has 0 amide bonds. The van der Waals surface area contributed by atoms with Crippen LogP contribution in [0.3, 0.4) is 0 Å². The Morgan fingerprint density at radius 3 is 2.57 bits per heavy atom. The first-order valence-electron chi connectivity index (χ1n) is 5.08. The van der Waals surface area contributed by atoms with E-state index in [9.17, 15) is 5.11 Å². The number of nitrogens with two attached hydrogens (primary N) is 1. The van der Waals surface area contributed by atoms with Crippen LogP contribution in [0, 0.1) is 0 Å². The lowest BCUT2D eigenvalue weighted by Crippen LogP contribution is -2.48. The van der Waals surface area contributed by atoms with Crippen molar-refractivity contribution in [1.82, 2.24) is 4.90 Å². The van der Waals surface area contributed by atoms with Crippen LogP contribution in [-0.2, 0) is 0 Å². The zero-order valence-corrected chi connectivity index (χ0v) is 8.56. The number of nitrogens with zero attached hydrogens (tertiary/aromatic N) is 2. The molecule has 0 aliphatic carbocycles. The van der Waals surface area contributed by atoms with Crippen LogP contribution in [0.4, 0.5) is 0 Å². The Bertz CT molecular complexity index is 200. The van der Waals surface area contributed by atoms with E-state index in [1.54, 1.807) is 0 Å². The standard InChI is InChI=1S/C9H19N3O2/c1-2-8(9(10)11-14)12-5-3-7(13)4-6-12/h7-8,13-14H,2-6H2,1H3,(H2,10,11). The normalized spacial score (nSPS) is 23.7. The van der Waals surface area contributed by atoms with E-state index in [2.05, 4.69) is 10.1 Å². The number of aliphatic hydroxyl groups is 1. The fraction of sp³-hybridized carbons (Fsp3) is 0.889. The first-order valence-corrected chi connectivity index (χ1v) is 5.08. The summed E-state index contributed by atoms with van der Waals surface area (Å²) in [6.07, 6.45) is 2.19. The van der Waals surface area contributed by atoms with Gasteiger partial charge in [0.2, 0.25) is 0 Å². The highest BCUT2D eigenvalue weighted by molar-refractivity contribution is 5.85. The van der Waals surface area contributed by atoms with E-state index < -0.39 is 0 Å². The van der Waals surface area contributed by atoms with E-state index in [0.29, 0.717) is 0 Å². The van der Waals surface area contributed by atoms with Crippen molar-refractivity contribution in [1.29, 1.82) is 0 Å². The molecule has 0 radical (unpaired) electrons. The summed E-state index contributed by atoms with van der Waals surface area (Å²) < 4.78 is 0. The minimum atomic E-state index is -0.184. The largest absolute Gasteiger partial charge is 0.409 e. The molecule has 82 valence electrons. The van der Waals surface area contributed by atoms with Crippen molar-refractivity contribution >= 4 is 5.84 Å². The van der Waals surface area contributed by atoms with Gasteiger partial charge < -0.3 is 16.0 Å². The minimum Gasteiger partial charge on any atom is -0.409 e. The highest BCUT2D eigenvalue weighted by Gasteiger charge is 2.25. The van der Waals surface area contributed by atoms with Crippen molar-refractivity contribution in [2.75, 3.05) is 13.1 Å². The molecule has 0 aromatic heterocycles. The molecule has 1 rings (SSSR count). The zero-order valence-electron chi connectivity index (χ0n) is 8.56. The number of amidine groups is 1. The van der Waals surface area contributed by atoms with Crippen molar-refractivity contribution in [2.45, 2.75) is 38.3 Å². The van der Waals surface area contributed by atoms with Gasteiger partial charge in [-0.05, 0) is 19.3 Å². The van der Waals surface area contributed by atoms with Crippen LogP contribution >= 0.6 is 0 Å². The molecule has 5 heteroatoms. The lowest BCUT2D eigenvalue weighted by Gasteiger charge is -2.34. The van der Waals surface area contributed by atoms with Gasteiger partial charge in [0.15, 0.2) is 5.84 Å². The average Bonchev–Trinajstić information content (AvgIpc) is 2.21. The predicted octanol–water partition coefficient (Wildman–Crippen LogP) is -0.0319. The van der Waals surface area contributed by atoms with Crippen molar-refractivity contribution in [3.05, 3.63) is 0 Å². The summed E-state index contributed by atoms with van der Waals surface area (Å²) in [6, 6.07) is 0.00694. The first-order chi connectivity index (χ1) is 6.69. The number of oxime groups is 1. The molecule has 1 saturated heterocycles. The smallest absolute Gasteiger partial charge is 0.156 e. The van der Waals surface area contributed by atoms with Crippen LogP contribution < -0.4 is 5.73 Å². The third kappa shape index (κ3) is 2.59. The second-order valence-electron chi connectivity index (χ2n) is 3.72. The van der Waals surface area contributed by atoms with Crippen LogP contribution in [0.2, 0.25) is 0 Å². The maximum Gasteiger partial charge on any atom is 0.156 e. The molecule has 5 nitrogen and oxygen atoms in total. The molecule has 0 aromatic rings. The number of aliphatic hydroxyl groups excluding tert-OH is 1. The molecule has 1 unspecified atom stereocenters. The van der Waals surface area contributed by atoms with E-state index in [4.69, 9.17) is 10.9 Å². The lowest BCUT2D eigenvalue weighted by molar-refractivity contribution is 0.0723. The molecule has 1 aliphatic heterocycles. The third-order valence-corrected chi connectivity index (χ3v) is 2.78. The van der Waals surface area contributed by atoms with E-state index in [-0.39, 0.29) is 18.0 Å². The summed E-state index contributed by atoms with van der Waals surface area (Å²) in [7, 11) is 0. The summed E-state index contributed by atoms with van der Waals surface area (Å²) in [5.41, 5.74) is 5.59. The van der Waals surface area contributed by atoms with Crippen LogP contribution in [0.1, 0.15) is 26.2 Å². The van der Waals surface area contributed by atoms with Gasteiger partial charge in [-0.1, -0.05) is 12.1 Å². The van der Waals surface area contributed by atoms with Gasteiger partial charge >= 0.3 is 0 Å². The van der Waals surface area contributed by atoms with Crippen molar-refractivity contribution in [3.8, 4) is 0 Å². The molecule has 0 bridgehead atoms. The summed E-state index contributed by atoms with van der Waals surface area (Å²) >= 11 is 0. The summed E-state index contributed by atoms with van der Waals surface area (Å²) in [5, 5.41) is 21.0. The van der Waals surface area contributed by atoms with Crippen LogP contribution in [0.5, 0.6) is 0 Å². The van der Waals surface area contributed by atoms with Gasteiger partial charge in [-0.3, -0.25) is 4.90 Å². The first kappa shape index (κ1) is 11.3. The Hall–Kier alpha value is -0.810. The number of hydrogen-bond donors (Lipinski definition) is 3. The zero-order chi connectivity index (χ0) is 10.6. The Morgan fingerprint density at radius 1 is 1.57 bits per heavy atom. The molecule has 14 heavy (non-hydrogen) atoms. The fourth-order valence-electron chi connectivity index (χ4n) is 1.92. The Labute approximate surface area is 84.2 Å². The van der Waals surface area contributed by atoms with Gasteiger partial charge in [0.25, 0.3) is 0 Å². The Balaban J connectivity index is 2.53. The second-order valence-corrected chi connectivity index (χ2v) is 3.72. The molecule has 1 aliphatic rings. The van der Waals surface area contributed by atoms with Gasteiger partial charge in [0.05, 0.1) is 12.1 Å². The molecule has 1 atom stereocenters.